The standard InChI is InChI=1S/C15H12N2O3S3/c1-16-10(9-5-3-2-4-6-9)8-22-14(16)12-13(20)17(7-11(18)19)15(21)23-12/h2-6,8H,7H2,1H3,(H,18,19)/b14-12-. The summed E-state index contributed by atoms with van der Waals surface area (Å²) in [6.45, 7) is -0.408. The lowest BCUT2D eigenvalue weighted by atomic mass is 10.1. The molecule has 1 N–H and O–H groups in total. The van der Waals surface area contributed by atoms with Crippen LogP contribution in [0.4, 0.5) is 0 Å². The first-order valence-electron chi connectivity index (χ1n) is 6.64. The molecule has 23 heavy (non-hydrogen) atoms. The molecule has 0 radical (unpaired) electrons. The minimum atomic E-state index is -1.08. The van der Waals surface area contributed by atoms with Crippen LogP contribution in [0.1, 0.15) is 5.56 Å². The maximum Gasteiger partial charge on any atom is 0.323 e. The number of hydrogen-bond donors (Lipinski definition) is 1. The summed E-state index contributed by atoms with van der Waals surface area (Å²) < 4.78 is 0.280. The number of thiocarbonyl (C=S) groups is 1. The molecule has 0 bridgehead atoms. The van der Waals surface area contributed by atoms with Gasteiger partial charge < -0.3 is 10.0 Å². The Morgan fingerprint density at radius 2 is 2.00 bits per heavy atom. The van der Waals surface area contributed by atoms with E-state index in [0.717, 1.165) is 33.0 Å². The number of benzene rings is 1. The van der Waals surface area contributed by atoms with E-state index in [0.29, 0.717) is 4.91 Å². The molecule has 3 rings (SSSR count). The van der Waals surface area contributed by atoms with Gasteiger partial charge in [0, 0.05) is 12.5 Å². The lowest BCUT2D eigenvalue weighted by molar-refractivity contribution is -0.140. The number of thioether (sulfide) groups is 2. The third kappa shape index (κ3) is 3.01. The number of hydrogen-bond acceptors (Lipinski definition) is 6. The van der Waals surface area contributed by atoms with Crippen LogP contribution in [0.2, 0.25) is 0 Å². The number of carbonyl (C=O) groups is 2. The highest BCUT2D eigenvalue weighted by Crippen LogP contribution is 2.45. The Morgan fingerprint density at radius 1 is 1.30 bits per heavy atom. The molecule has 8 heteroatoms. The molecule has 5 nitrogen and oxygen atoms in total. The number of carboxylic acids is 1. The van der Waals surface area contributed by atoms with Gasteiger partial charge in [0.15, 0.2) is 0 Å². The van der Waals surface area contributed by atoms with Gasteiger partial charge in [0.1, 0.15) is 15.8 Å². The van der Waals surface area contributed by atoms with Gasteiger partial charge in [-0.25, -0.2) is 0 Å². The molecule has 0 spiro atoms. The maximum atomic E-state index is 12.5. The lowest BCUT2D eigenvalue weighted by Crippen LogP contribution is -2.33. The van der Waals surface area contributed by atoms with Gasteiger partial charge in [-0.05, 0) is 5.56 Å². The number of nitrogens with zero attached hydrogens (tertiary/aromatic N) is 2. The number of rotatable bonds is 3. The molecule has 1 aromatic carbocycles. The summed E-state index contributed by atoms with van der Waals surface area (Å²) in [6, 6.07) is 9.87. The Bertz CT molecular complexity index is 758. The van der Waals surface area contributed by atoms with Crippen molar-refractivity contribution in [1.29, 1.82) is 0 Å². The lowest BCUT2D eigenvalue weighted by Gasteiger charge is -2.19. The van der Waals surface area contributed by atoms with Crippen LogP contribution >= 0.6 is 35.7 Å². The summed E-state index contributed by atoms with van der Waals surface area (Å²) in [6.07, 6.45) is 0. The fourth-order valence-corrected chi connectivity index (χ4v) is 4.74. The van der Waals surface area contributed by atoms with Gasteiger partial charge in [-0.1, -0.05) is 66.1 Å². The van der Waals surface area contributed by atoms with E-state index < -0.39 is 12.5 Å². The average molecular weight is 364 g/mol. The van der Waals surface area contributed by atoms with Crippen LogP contribution < -0.4 is 0 Å². The van der Waals surface area contributed by atoms with E-state index in [2.05, 4.69) is 0 Å². The zero-order chi connectivity index (χ0) is 16.6. The van der Waals surface area contributed by atoms with Crippen molar-refractivity contribution in [2.75, 3.05) is 13.6 Å². The molecule has 2 aliphatic heterocycles. The van der Waals surface area contributed by atoms with Gasteiger partial charge in [0.25, 0.3) is 5.91 Å². The molecule has 0 saturated carbocycles. The van der Waals surface area contributed by atoms with E-state index in [1.54, 1.807) is 0 Å². The Labute approximate surface area is 147 Å². The molecule has 1 amide bonds. The summed E-state index contributed by atoms with van der Waals surface area (Å²) in [7, 11) is 1.89. The second kappa shape index (κ2) is 6.38. The van der Waals surface area contributed by atoms with E-state index in [1.165, 1.54) is 11.8 Å². The molecular weight excluding hydrogens is 352 g/mol. The van der Waals surface area contributed by atoms with Crippen LogP contribution in [0.15, 0.2) is 45.7 Å². The Kier molecular flexibility index (Phi) is 4.47. The smallest absolute Gasteiger partial charge is 0.323 e. The number of carbonyl (C=O) groups excluding carboxylic acids is 1. The molecule has 1 fully saturated rings. The predicted molar refractivity (Wildman–Crippen MR) is 96.3 cm³/mol. The SMILES string of the molecule is CN1C(c2ccccc2)=CS/C1=C1\SC(=S)N(CC(=O)O)C1=O. The summed E-state index contributed by atoms with van der Waals surface area (Å²) in [5.41, 5.74) is 2.05. The summed E-state index contributed by atoms with van der Waals surface area (Å²) >= 11 is 7.73. The monoisotopic (exact) mass is 364 g/mol. The minimum absolute atomic E-state index is 0.280. The van der Waals surface area contributed by atoms with E-state index in [-0.39, 0.29) is 10.2 Å². The summed E-state index contributed by atoms with van der Waals surface area (Å²) in [5, 5.41) is 11.7. The number of carboxylic acid groups (broad SMARTS) is 1. The van der Waals surface area contributed by atoms with Gasteiger partial charge >= 0.3 is 5.97 Å². The van der Waals surface area contributed by atoms with Gasteiger partial charge in [-0.3, -0.25) is 14.5 Å². The van der Waals surface area contributed by atoms with E-state index in [1.807, 2.05) is 47.7 Å². The van der Waals surface area contributed by atoms with Crippen molar-refractivity contribution in [3.8, 4) is 0 Å². The maximum absolute atomic E-state index is 12.5. The Hall–Kier alpha value is -1.77. The zero-order valence-corrected chi connectivity index (χ0v) is 14.5. The van der Waals surface area contributed by atoms with Gasteiger partial charge in [-0.2, -0.15) is 0 Å². The van der Waals surface area contributed by atoms with Crippen molar-refractivity contribution in [2.24, 2.45) is 0 Å². The highest BCUT2D eigenvalue weighted by atomic mass is 32.2. The van der Waals surface area contributed by atoms with Crippen LogP contribution in [0, 0.1) is 0 Å². The van der Waals surface area contributed by atoms with Crippen molar-refractivity contribution in [3.05, 3.63) is 51.2 Å². The summed E-state index contributed by atoms with van der Waals surface area (Å²) in [5.74, 6) is -1.43. The zero-order valence-electron chi connectivity index (χ0n) is 12.1. The van der Waals surface area contributed by atoms with Crippen molar-refractivity contribution in [1.82, 2.24) is 9.80 Å². The predicted octanol–water partition coefficient (Wildman–Crippen LogP) is 2.78. The largest absolute Gasteiger partial charge is 0.480 e. The topological polar surface area (TPSA) is 60.9 Å². The number of amides is 1. The molecule has 2 heterocycles. The van der Waals surface area contributed by atoms with E-state index >= 15 is 0 Å². The third-order valence-electron chi connectivity index (χ3n) is 3.35. The molecule has 118 valence electrons. The van der Waals surface area contributed by atoms with Gasteiger partial charge in [0.2, 0.25) is 0 Å². The van der Waals surface area contributed by atoms with Crippen LogP contribution in [0.5, 0.6) is 0 Å². The van der Waals surface area contributed by atoms with Crippen LogP contribution in [-0.2, 0) is 9.59 Å². The second-order valence-corrected chi connectivity index (χ2v) is 7.34. The van der Waals surface area contributed by atoms with Crippen LogP contribution in [0.3, 0.4) is 0 Å². The first-order chi connectivity index (χ1) is 11.0. The van der Waals surface area contributed by atoms with Crippen LogP contribution in [-0.4, -0.2) is 44.7 Å². The fraction of sp³-hybridized carbons (Fsp3) is 0.133. The quantitative estimate of drug-likeness (QED) is 0.654. The first-order valence-corrected chi connectivity index (χ1v) is 8.75. The molecule has 0 unspecified atom stereocenters. The molecule has 0 atom stereocenters. The van der Waals surface area contributed by atoms with Crippen molar-refractivity contribution < 1.29 is 14.7 Å². The normalized spacial score (nSPS) is 21.2. The molecule has 2 aliphatic rings. The van der Waals surface area contributed by atoms with Gasteiger partial charge in [-0.15, -0.1) is 0 Å². The third-order valence-corrected chi connectivity index (χ3v) is 5.96. The van der Waals surface area contributed by atoms with Gasteiger partial charge in [0.05, 0.1) is 10.7 Å². The summed E-state index contributed by atoms with van der Waals surface area (Å²) in [4.78, 5) is 26.9. The fourth-order valence-electron chi connectivity index (χ4n) is 2.25. The van der Waals surface area contributed by atoms with Crippen LogP contribution in [0.25, 0.3) is 5.70 Å². The van der Waals surface area contributed by atoms with E-state index in [9.17, 15) is 9.59 Å². The van der Waals surface area contributed by atoms with E-state index in [4.69, 9.17) is 17.3 Å². The van der Waals surface area contributed by atoms with Crippen molar-refractivity contribution in [2.45, 2.75) is 0 Å². The Morgan fingerprint density at radius 3 is 2.65 bits per heavy atom. The first kappa shape index (κ1) is 16.1. The molecular formula is C15H12N2O3S3. The Balaban J connectivity index is 1.89. The average Bonchev–Trinajstić information content (AvgIpc) is 3.03. The highest BCUT2D eigenvalue weighted by Gasteiger charge is 2.38. The van der Waals surface area contributed by atoms with Crippen molar-refractivity contribution >= 4 is 57.6 Å². The van der Waals surface area contributed by atoms with Crippen molar-refractivity contribution in [3.63, 3.8) is 0 Å². The highest BCUT2D eigenvalue weighted by molar-refractivity contribution is 8.27. The molecule has 0 aliphatic carbocycles. The molecule has 1 aromatic rings. The number of aliphatic carboxylic acids is 1. The molecule has 1 saturated heterocycles. The molecule has 0 aromatic heterocycles. The second-order valence-electron chi connectivity index (χ2n) is 4.83. The minimum Gasteiger partial charge on any atom is -0.480 e.